The van der Waals surface area contributed by atoms with E-state index in [4.69, 9.17) is 5.73 Å². The topological polar surface area (TPSA) is 49.5 Å². The van der Waals surface area contributed by atoms with Gasteiger partial charge in [0.25, 0.3) is 0 Å². The molecule has 0 aromatic heterocycles. The smallest absolute Gasteiger partial charge is 0.0718 e. The van der Waals surface area contributed by atoms with Crippen molar-refractivity contribution in [2.75, 3.05) is 20.1 Å². The normalized spacial score (nSPS) is 13.9. The average Bonchev–Trinajstić information content (AvgIpc) is 2.24. The van der Waals surface area contributed by atoms with Crippen LogP contribution < -0.4 is 5.73 Å². The van der Waals surface area contributed by atoms with Gasteiger partial charge < -0.3 is 15.7 Å². The Morgan fingerprint density at radius 2 is 1.83 bits per heavy atom. The number of rotatable bonds is 6. The number of nitrogens with zero attached hydrogens (tertiary/aromatic N) is 1. The monoisotopic (exact) mass is 250 g/mol. The van der Waals surface area contributed by atoms with Crippen molar-refractivity contribution in [3.05, 3.63) is 35.4 Å². The molecule has 3 N–H and O–H groups in total. The number of nitrogens with two attached hydrogens (primary N) is 1. The van der Waals surface area contributed by atoms with Crippen LogP contribution >= 0.6 is 0 Å². The lowest BCUT2D eigenvalue weighted by atomic mass is 10.0. The van der Waals surface area contributed by atoms with Gasteiger partial charge >= 0.3 is 0 Å². The molecule has 1 unspecified atom stereocenters. The Labute approximate surface area is 111 Å². The van der Waals surface area contributed by atoms with Crippen molar-refractivity contribution >= 4 is 0 Å². The number of hydrogen-bond acceptors (Lipinski definition) is 3. The Morgan fingerprint density at radius 3 is 2.33 bits per heavy atom. The fourth-order valence-corrected chi connectivity index (χ4v) is 2.08. The number of aryl methyl sites for hydroxylation is 1. The minimum absolute atomic E-state index is 0.0647. The first-order chi connectivity index (χ1) is 8.28. The first-order valence-corrected chi connectivity index (χ1v) is 6.51. The molecule has 1 aromatic rings. The largest absolute Gasteiger partial charge is 0.389 e. The molecule has 1 atom stereocenters. The van der Waals surface area contributed by atoms with E-state index in [1.165, 1.54) is 11.1 Å². The van der Waals surface area contributed by atoms with Gasteiger partial charge in [-0.2, -0.15) is 0 Å². The van der Waals surface area contributed by atoms with Crippen LogP contribution in [0.3, 0.4) is 0 Å². The van der Waals surface area contributed by atoms with Crippen LogP contribution in [0.25, 0.3) is 0 Å². The standard InChI is InChI=1S/C15H26N2O/c1-12-5-7-13(8-6-12)14(16)9-10-17(4)11-15(2,3)18/h5-8,14,18H,9-11,16H2,1-4H3. The summed E-state index contributed by atoms with van der Waals surface area (Å²) >= 11 is 0. The Bertz CT molecular complexity index is 354. The van der Waals surface area contributed by atoms with Crippen LogP contribution in [0.5, 0.6) is 0 Å². The molecule has 0 saturated carbocycles. The Hall–Kier alpha value is -0.900. The highest BCUT2D eigenvalue weighted by Gasteiger charge is 2.16. The maximum absolute atomic E-state index is 9.73. The van der Waals surface area contributed by atoms with Gasteiger partial charge in [0, 0.05) is 12.6 Å². The van der Waals surface area contributed by atoms with E-state index in [1.807, 2.05) is 20.9 Å². The Balaban J connectivity index is 2.41. The van der Waals surface area contributed by atoms with Gasteiger partial charge in [0.2, 0.25) is 0 Å². The van der Waals surface area contributed by atoms with Crippen molar-refractivity contribution in [1.29, 1.82) is 0 Å². The molecule has 102 valence electrons. The molecule has 0 aliphatic carbocycles. The van der Waals surface area contributed by atoms with Gasteiger partial charge in [-0.25, -0.2) is 0 Å². The highest BCUT2D eigenvalue weighted by Crippen LogP contribution is 2.15. The van der Waals surface area contributed by atoms with Crippen molar-refractivity contribution in [3.8, 4) is 0 Å². The summed E-state index contributed by atoms with van der Waals surface area (Å²) in [4.78, 5) is 2.12. The summed E-state index contributed by atoms with van der Waals surface area (Å²) in [5.74, 6) is 0. The molecule has 3 heteroatoms. The maximum atomic E-state index is 9.73. The van der Waals surface area contributed by atoms with Crippen LogP contribution in [0.4, 0.5) is 0 Å². The second kappa shape index (κ2) is 6.32. The fourth-order valence-electron chi connectivity index (χ4n) is 2.08. The highest BCUT2D eigenvalue weighted by atomic mass is 16.3. The Kier molecular flexibility index (Phi) is 5.32. The second-order valence-electron chi connectivity index (χ2n) is 5.86. The van der Waals surface area contributed by atoms with E-state index in [-0.39, 0.29) is 6.04 Å². The number of aliphatic hydroxyl groups is 1. The van der Waals surface area contributed by atoms with Gasteiger partial charge in [0.05, 0.1) is 5.60 Å². The van der Waals surface area contributed by atoms with E-state index >= 15 is 0 Å². The van der Waals surface area contributed by atoms with E-state index in [0.29, 0.717) is 6.54 Å². The molecule has 0 radical (unpaired) electrons. The number of likely N-dealkylation sites (N-methyl/N-ethyl adjacent to an activating group) is 1. The van der Waals surface area contributed by atoms with Gasteiger partial charge in [0.1, 0.15) is 0 Å². The second-order valence-corrected chi connectivity index (χ2v) is 5.86. The third-order valence-electron chi connectivity index (χ3n) is 2.98. The van der Waals surface area contributed by atoms with E-state index in [2.05, 4.69) is 36.1 Å². The van der Waals surface area contributed by atoms with Crippen molar-refractivity contribution in [1.82, 2.24) is 4.90 Å². The molecule has 0 spiro atoms. The van der Waals surface area contributed by atoms with Crippen LogP contribution in [-0.2, 0) is 0 Å². The highest BCUT2D eigenvalue weighted by molar-refractivity contribution is 5.23. The van der Waals surface area contributed by atoms with Crippen LogP contribution in [-0.4, -0.2) is 35.7 Å². The van der Waals surface area contributed by atoms with Crippen molar-refractivity contribution in [2.24, 2.45) is 5.73 Å². The van der Waals surface area contributed by atoms with Crippen molar-refractivity contribution < 1.29 is 5.11 Å². The third kappa shape index (κ3) is 5.63. The summed E-state index contributed by atoms with van der Waals surface area (Å²) in [7, 11) is 2.01. The zero-order valence-corrected chi connectivity index (χ0v) is 12.0. The van der Waals surface area contributed by atoms with Crippen LogP contribution in [0, 0.1) is 6.92 Å². The van der Waals surface area contributed by atoms with E-state index in [0.717, 1.165) is 13.0 Å². The van der Waals surface area contributed by atoms with Gasteiger partial charge in [-0.15, -0.1) is 0 Å². The van der Waals surface area contributed by atoms with Gasteiger partial charge in [0.15, 0.2) is 0 Å². The summed E-state index contributed by atoms with van der Waals surface area (Å²) in [6.07, 6.45) is 0.898. The predicted octanol–water partition coefficient (Wildman–Crippen LogP) is 2.09. The average molecular weight is 250 g/mol. The quantitative estimate of drug-likeness (QED) is 0.813. The first kappa shape index (κ1) is 15.2. The molecule has 3 nitrogen and oxygen atoms in total. The zero-order chi connectivity index (χ0) is 13.8. The molecule has 18 heavy (non-hydrogen) atoms. The van der Waals surface area contributed by atoms with Gasteiger partial charge in [-0.05, 0) is 46.3 Å². The summed E-state index contributed by atoms with van der Waals surface area (Å²) < 4.78 is 0. The minimum atomic E-state index is -0.650. The van der Waals surface area contributed by atoms with Crippen LogP contribution in [0.15, 0.2) is 24.3 Å². The lowest BCUT2D eigenvalue weighted by Gasteiger charge is -2.26. The summed E-state index contributed by atoms with van der Waals surface area (Å²) in [5, 5.41) is 9.73. The molecule has 1 rings (SSSR count). The van der Waals surface area contributed by atoms with Crippen LogP contribution in [0.1, 0.15) is 37.4 Å². The summed E-state index contributed by atoms with van der Waals surface area (Å²) in [5.41, 5.74) is 7.95. The number of hydrogen-bond donors (Lipinski definition) is 2. The SMILES string of the molecule is Cc1ccc(C(N)CCN(C)CC(C)(C)O)cc1. The summed E-state index contributed by atoms with van der Waals surface area (Å²) in [6, 6.07) is 8.44. The molecular weight excluding hydrogens is 224 g/mol. The maximum Gasteiger partial charge on any atom is 0.0718 e. The molecule has 0 heterocycles. The first-order valence-electron chi connectivity index (χ1n) is 6.51. The fraction of sp³-hybridized carbons (Fsp3) is 0.600. The summed E-state index contributed by atoms with van der Waals surface area (Å²) in [6.45, 7) is 7.27. The molecule has 0 saturated heterocycles. The van der Waals surface area contributed by atoms with E-state index < -0.39 is 5.60 Å². The molecule has 0 bridgehead atoms. The van der Waals surface area contributed by atoms with Crippen LogP contribution in [0.2, 0.25) is 0 Å². The minimum Gasteiger partial charge on any atom is -0.389 e. The lowest BCUT2D eigenvalue weighted by Crippen LogP contribution is -2.37. The molecule has 0 aliphatic rings. The Morgan fingerprint density at radius 1 is 1.28 bits per heavy atom. The van der Waals surface area contributed by atoms with E-state index in [1.54, 1.807) is 0 Å². The molecule has 0 fully saturated rings. The van der Waals surface area contributed by atoms with Crippen molar-refractivity contribution in [3.63, 3.8) is 0 Å². The predicted molar refractivity (Wildman–Crippen MR) is 76.5 cm³/mol. The lowest BCUT2D eigenvalue weighted by molar-refractivity contribution is 0.0438. The molecular formula is C15H26N2O. The zero-order valence-electron chi connectivity index (χ0n) is 12.0. The van der Waals surface area contributed by atoms with Crippen molar-refractivity contribution in [2.45, 2.75) is 38.8 Å². The van der Waals surface area contributed by atoms with Gasteiger partial charge in [-0.3, -0.25) is 0 Å². The third-order valence-corrected chi connectivity index (χ3v) is 2.98. The van der Waals surface area contributed by atoms with Gasteiger partial charge in [-0.1, -0.05) is 29.8 Å². The molecule has 1 aromatic carbocycles. The van der Waals surface area contributed by atoms with E-state index in [9.17, 15) is 5.11 Å². The molecule has 0 amide bonds. The molecule has 0 aliphatic heterocycles. The number of benzene rings is 1.